The van der Waals surface area contributed by atoms with E-state index in [4.69, 9.17) is 39.5 Å². The summed E-state index contributed by atoms with van der Waals surface area (Å²) in [4.78, 5) is 40.1. The van der Waals surface area contributed by atoms with Crippen LogP contribution in [0.15, 0.2) is 99.2 Å². The van der Waals surface area contributed by atoms with Gasteiger partial charge in [-0.15, -0.1) is 26.3 Å². The van der Waals surface area contributed by atoms with Crippen LogP contribution in [0, 0.1) is 0 Å². The zero-order valence-electron chi connectivity index (χ0n) is 51.1. The van der Waals surface area contributed by atoms with E-state index in [-0.39, 0.29) is 18.3 Å². The second-order valence-electron chi connectivity index (χ2n) is 22.1. The topological polar surface area (TPSA) is 236 Å². The van der Waals surface area contributed by atoms with Gasteiger partial charge in [0.1, 0.15) is 23.9 Å². The zero-order chi connectivity index (χ0) is 61.0. The summed E-state index contributed by atoms with van der Waals surface area (Å²) in [5.41, 5.74) is -2.00. The Morgan fingerprint density at radius 3 is 1.00 bits per heavy atom. The first-order valence-corrected chi connectivity index (χ1v) is 28.2. The normalized spacial score (nSPS) is 17.3. The molecule has 0 aliphatic heterocycles. The van der Waals surface area contributed by atoms with E-state index in [9.17, 15) is 30.6 Å². The molecule has 11 atom stereocenters. The molecule has 0 bridgehead atoms. The average Bonchev–Trinajstić information content (AvgIpc) is 3.35. The molecule has 0 rings (SSSR count). The van der Waals surface area contributed by atoms with E-state index in [1.165, 1.54) is 89.5 Å². The van der Waals surface area contributed by atoms with Gasteiger partial charge in [0, 0.05) is 12.8 Å². The van der Waals surface area contributed by atoms with E-state index in [1.807, 2.05) is 13.8 Å². The monoisotopic (exact) mass is 1120 g/mol. The summed E-state index contributed by atoms with van der Waals surface area (Å²) in [5, 5.41) is 76.7. The maximum atomic E-state index is 9.96. The Kier molecular flexibility index (Phi) is 49.1. The van der Waals surface area contributed by atoms with E-state index in [0.29, 0.717) is 57.8 Å². The molecule has 0 aromatic heterocycles. The Labute approximate surface area is 473 Å². The van der Waals surface area contributed by atoms with Gasteiger partial charge in [0.25, 0.3) is 0 Å². The SMILES string of the molecule is C=CC(C)(O)C/C=C/C(C)(C)OOC(C)O.C=CC(C)(O)CCC(OOC(C)O)C(=C)C.C=CC(C)(O)CCC(OOC(O)CCCCCCC)C(=C)C.C=CC(C)(O)CCC(OOC(O)CCCCCCCCC)C(=C)C. The lowest BCUT2D eigenvalue weighted by molar-refractivity contribution is -0.398. The summed E-state index contributed by atoms with van der Waals surface area (Å²) in [6, 6.07) is 0. The number of aliphatic hydroxyl groups is 8. The Balaban J connectivity index is -0.000000475. The molecule has 0 aromatic rings. The van der Waals surface area contributed by atoms with Crippen molar-refractivity contribution in [3.8, 4) is 0 Å². The van der Waals surface area contributed by atoms with Crippen LogP contribution in [-0.4, -0.2) is 112 Å². The quantitative estimate of drug-likeness (QED) is 0.00931. The standard InChI is InChI=1S/C20H38O4.C18H34O4.2C12H22O4/c1-6-8-9-10-11-12-13-14-19(21)24-23-18(17(3)4)15-16-20(5,22)7-2;1-6-8-9-10-11-12-17(19)22-21-16(15(3)4)13-14-18(5,20)7-2;1-6-12(5,14)9-7-8-11(3,4)16-15-10(2)13;1-6-12(5,14)8-7-11(9(2)3)16-15-10(4)13/h7,18-19,21-22H,2-3,6,8-16H2,1,4-5H3;7,16-17,19-20H,2-3,6,8-14H2,1,4-5H3;6-8,10,13-14H,1,9H2,2-5H3;6,10-11,13-14H,1-2,7-8H2,3-5H3/b;;8-7+;. The van der Waals surface area contributed by atoms with Crippen molar-refractivity contribution < 1.29 is 80.0 Å². The highest BCUT2D eigenvalue weighted by atomic mass is 17.2. The molecule has 0 fully saturated rings. The Bertz CT molecular complexity index is 1580. The van der Waals surface area contributed by atoms with Crippen molar-refractivity contribution in [1.29, 1.82) is 0 Å². The third-order valence-electron chi connectivity index (χ3n) is 12.1. The molecule has 0 amide bonds. The molecule has 0 aliphatic carbocycles. The number of rotatable bonds is 45. The maximum absolute atomic E-state index is 9.96. The highest BCUT2D eigenvalue weighted by molar-refractivity contribution is 5.04. The van der Waals surface area contributed by atoms with Crippen molar-refractivity contribution >= 4 is 0 Å². The van der Waals surface area contributed by atoms with Crippen molar-refractivity contribution in [2.24, 2.45) is 0 Å². The minimum atomic E-state index is -0.984. The van der Waals surface area contributed by atoms with Crippen LogP contribution in [0.1, 0.15) is 225 Å². The van der Waals surface area contributed by atoms with Crippen LogP contribution in [-0.2, 0) is 39.1 Å². The van der Waals surface area contributed by atoms with Crippen LogP contribution < -0.4 is 0 Å². The van der Waals surface area contributed by atoms with Gasteiger partial charge in [-0.25, -0.2) is 39.1 Å². The van der Waals surface area contributed by atoms with E-state index in [1.54, 1.807) is 60.6 Å². The van der Waals surface area contributed by atoms with Crippen LogP contribution in [0.4, 0.5) is 0 Å². The molecular weight excluding hydrogens is 1000 g/mol. The minimum absolute atomic E-state index is 0.346. The van der Waals surface area contributed by atoms with Crippen LogP contribution in [0.5, 0.6) is 0 Å². The third kappa shape index (κ3) is 53.9. The molecule has 11 unspecified atom stereocenters. The first-order valence-electron chi connectivity index (χ1n) is 28.2. The molecule has 0 aromatic carbocycles. The lowest BCUT2D eigenvalue weighted by Gasteiger charge is -2.23. The summed E-state index contributed by atoms with van der Waals surface area (Å²) in [6.45, 7) is 48.9. The van der Waals surface area contributed by atoms with E-state index in [2.05, 4.69) is 69.7 Å². The average molecular weight is 1120 g/mol. The Hall–Kier alpha value is -2.72. The molecule has 0 radical (unpaired) electrons. The van der Waals surface area contributed by atoms with Gasteiger partial charge in [-0.1, -0.05) is 134 Å². The van der Waals surface area contributed by atoms with Crippen LogP contribution in [0.25, 0.3) is 0 Å². The number of hydrogen-bond acceptors (Lipinski definition) is 16. The molecular formula is C62H116O16. The summed E-state index contributed by atoms with van der Waals surface area (Å²) in [5.74, 6) is 0. The van der Waals surface area contributed by atoms with Gasteiger partial charge in [0.05, 0.1) is 22.4 Å². The largest absolute Gasteiger partial charge is 0.386 e. The van der Waals surface area contributed by atoms with Crippen molar-refractivity contribution in [2.45, 2.75) is 296 Å². The van der Waals surface area contributed by atoms with Gasteiger partial charge in [-0.3, -0.25) is 0 Å². The second kappa shape index (κ2) is 46.8. The smallest absolute Gasteiger partial charge is 0.188 e. The summed E-state index contributed by atoms with van der Waals surface area (Å²) < 4.78 is 0. The Morgan fingerprint density at radius 2 is 0.718 bits per heavy atom. The molecule has 0 saturated carbocycles. The number of hydrogen-bond donors (Lipinski definition) is 8. The van der Waals surface area contributed by atoms with Crippen molar-refractivity contribution in [1.82, 2.24) is 0 Å². The Morgan fingerprint density at radius 1 is 0.423 bits per heavy atom. The third-order valence-corrected chi connectivity index (χ3v) is 12.1. The molecule has 78 heavy (non-hydrogen) atoms. The molecule has 16 nitrogen and oxygen atoms in total. The van der Waals surface area contributed by atoms with Crippen molar-refractivity contribution in [3.63, 3.8) is 0 Å². The lowest BCUT2D eigenvalue weighted by atomic mass is 9.96. The summed E-state index contributed by atoms with van der Waals surface area (Å²) in [7, 11) is 0. The van der Waals surface area contributed by atoms with Gasteiger partial charge in [0.2, 0.25) is 0 Å². The fraction of sp³-hybridized carbons (Fsp3) is 0.742. The van der Waals surface area contributed by atoms with Crippen LogP contribution in [0.2, 0.25) is 0 Å². The van der Waals surface area contributed by atoms with Gasteiger partial charge >= 0.3 is 0 Å². The van der Waals surface area contributed by atoms with E-state index >= 15 is 0 Å². The van der Waals surface area contributed by atoms with Crippen molar-refractivity contribution in [2.75, 3.05) is 0 Å². The van der Waals surface area contributed by atoms with Crippen molar-refractivity contribution in [3.05, 3.63) is 99.2 Å². The van der Waals surface area contributed by atoms with Crippen LogP contribution in [0.3, 0.4) is 0 Å². The predicted molar refractivity (Wildman–Crippen MR) is 315 cm³/mol. The molecule has 0 saturated heterocycles. The first-order chi connectivity index (χ1) is 36.1. The first kappa shape index (κ1) is 81.8. The van der Waals surface area contributed by atoms with Gasteiger partial charge in [0.15, 0.2) is 25.2 Å². The fourth-order valence-electron chi connectivity index (χ4n) is 6.30. The number of unbranched alkanes of at least 4 members (excludes halogenated alkanes) is 10. The van der Waals surface area contributed by atoms with Crippen LogP contribution >= 0.6 is 0 Å². The second-order valence-corrected chi connectivity index (χ2v) is 22.1. The summed E-state index contributed by atoms with van der Waals surface area (Å²) >= 11 is 0. The molecule has 0 heterocycles. The lowest BCUT2D eigenvalue weighted by Crippen LogP contribution is -2.26. The van der Waals surface area contributed by atoms with E-state index < -0.39 is 53.2 Å². The highest BCUT2D eigenvalue weighted by Gasteiger charge is 2.24. The molecule has 16 heteroatoms. The zero-order valence-corrected chi connectivity index (χ0v) is 51.1. The fourth-order valence-corrected chi connectivity index (χ4v) is 6.30. The van der Waals surface area contributed by atoms with E-state index in [0.717, 1.165) is 42.4 Å². The molecule has 8 N–H and O–H groups in total. The highest BCUT2D eigenvalue weighted by Crippen LogP contribution is 2.24. The van der Waals surface area contributed by atoms with Gasteiger partial charge in [-0.2, -0.15) is 0 Å². The maximum Gasteiger partial charge on any atom is 0.188 e. The summed E-state index contributed by atoms with van der Waals surface area (Å²) in [6.07, 6.45) is 23.4. The minimum Gasteiger partial charge on any atom is -0.386 e. The van der Waals surface area contributed by atoms with Gasteiger partial charge < -0.3 is 40.9 Å². The van der Waals surface area contributed by atoms with Gasteiger partial charge in [-0.05, 0) is 151 Å². The molecule has 0 spiro atoms. The molecule has 0 aliphatic rings. The molecule has 460 valence electrons. The predicted octanol–water partition coefficient (Wildman–Crippen LogP) is 13.2. The number of aliphatic hydroxyl groups excluding tert-OH is 4.